The molecule has 11 nitrogen and oxygen atoms in total. The number of halogens is 1. The fourth-order valence-electron chi connectivity index (χ4n) is 5.27. The van der Waals surface area contributed by atoms with Gasteiger partial charge in [-0.15, -0.1) is 10.2 Å². The minimum absolute atomic E-state index is 0.121. The molecule has 2 N–H and O–H groups in total. The summed E-state index contributed by atoms with van der Waals surface area (Å²) in [5.74, 6) is -0.101. The van der Waals surface area contributed by atoms with Gasteiger partial charge in [0, 0.05) is 24.5 Å². The Morgan fingerprint density at radius 3 is 2.66 bits per heavy atom. The van der Waals surface area contributed by atoms with Gasteiger partial charge in [0.25, 0.3) is 5.91 Å². The minimum Gasteiger partial charge on any atom is -0.335 e. The molecule has 0 bridgehead atoms. The number of rotatable bonds is 6. The first-order valence-electron chi connectivity index (χ1n) is 14.0. The lowest BCUT2D eigenvalue weighted by atomic mass is 10.1. The number of nitrogens with one attached hydrogen (secondary N) is 2. The van der Waals surface area contributed by atoms with Crippen LogP contribution < -0.4 is 10.6 Å². The second-order valence-corrected chi connectivity index (χ2v) is 11.3. The van der Waals surface area contributed by atoms with Crippen molar-refractivity contribution in [2.75, 3.05) is 5.32 Å². The normalized spacial score (nSPS) is 16.2. The highest BCUT2D eigenvalue weighted by Gasteiger charge is 2.35. The van der Waals surface area contributed by atoms with Crippen molar-refractivity contribution in [1.82, 2.24) is 39.5 Å². The number of aromatic nitrogens is 6. The fourth-order valence-corrected chi connectivity index (χ4v) is 5.27. The maximum atomic E-state index is 15.5. The molecule has 2 fully saturated rings. The number of anilines is 1. The molecule has 2 aliphatic carbocycles. The van der Waals surface area contributed by atoms with E-state index in [-0.39, 0.29) is 36.0 Å². The summed E-state index contributed by atoms with van der Waals surface area (Å²) in [4.78, 5) is 37.4. The molecule has 3 amide bonds. The summed E-state index contributed by atoms with van der Waals surface area (Å²) in [5, 5.41) is 13.9. The maximum Gasteiger partial charge on any atom is 0.318 e. The first kappa shape index (κ1) is 25.4. The molecule has 1 aromatic carbocycles. The van der Waals surface area contributed by atoms with Crippen LogP contribution in [0.3, 0.4) is 0 Å². The Bertz CT molecular complexity index is 1670. The van der Waals surface area contributed by atoms with Crippen molar-refractivity contribution in [1.29, 1.82) is 0 Å². The highest BCUT2D eigenvalue weighted by atomic mass is 19.1. The fraction of sp³-hybridized carbons (Fsp3) is 0.379. The van der Waals surface area contributed by atoms with Crippen molar-refractivity contribution in [3.05, 3.63) is 71.3 Å². The summed E-state index contributed by atoms with van der Waals surface area (Å²) in [6.45, 7) is 4.60. The standard InChI is InChI=1S/C29H30FN9O2/c1-16(2)38-15-32-36-27(38)22-4-3-5-25(34-22)35-28(40)20-11-23-18(10-21(20)30)12-37(29(41)33-19-8-9-19)13-24-26(17-6-7-17)31-14-39(23)24/h3-5,10-11,14-17,19H,6-9,12-13H2,1-2H3,(H,33,41)(H,34,35,40). The predicted octanol–water partition coefficient (Wildman–Crippen LogP) is 4.56. The van der Waals surface area contributed by atoms with Crippen molar-refractivity contribution in [2.24, 2.45) is 0 Å². The summed E-state index contributed by atoms with van der Waals surface area (Å²) >= 11 is 0. The Morgan fingerprint density at radius 1 is 1.07 bits per heavy atom. The number of pyridine rings is 1. The third kappa shape index (κ3) is 4.83. The van der Waals surface area contributed by atoms with Gasteiger partial charge in [-0.25, -0.2) is 19.2 Å². The summed E-state index contributed by atoms with van der Waals surface area (Å²) in [7, 11) is 0. The molecule has 0 radical (unpaired) electrons. The van der Waals surface area contributed by atoms with Gasteiger partial charge in [0.15, 0.2) is 5.82 Å². The molecule has 2 saturated carbocycles. The van der Waals surface area contributed by atoms with Crippen LogP contribution in [0.2, 0.25) is 0 Å². The Morgan fingerprint density at radius 2 is 1.90 bits per heavy atom. The zero-order chi connectivity index (χ0) is 28.2. The third-order valence-corrected chi connectivity index (χ3v) is 7.78. The Hall–Kier alpha value is -4.61. The molecule has 4 aromatic rings. The molecule has 3 aliphatic rings. The van der Waals surface area contributed by atoms with Crippen LogP contribution in [-0.4, -0.2) is 52.2 Å². The number of hydrogen-bond acceptors (Lipinski definition) is 6. The molecule has 41 heavy (non-hydrogen) atoms. The van der Waals surface area contributed by atoms with Crippen LogP contribution in [0.1, 0.15) is 78.8 Å². The molecule has 0 atom stereocenters. The molecule has 210 valence electrons. The molecule has 3 aromatic heterocycles. The van der Waals surface area contributed by atoms with E-state index in [9.17, 15) is 9.59 Å². The molecule has 0 unspecified atom stereocenters. The van der Waals surface area contributed by atoms with Crippen molar-refractivity contribution in [3.8, 4) is 17.2 Å². The van der Waals surface area contributed by atoms with Gasteiger partial charge in [0.2, 0.25) is 0 Å². The van der Waals surface area contributed by atoms with Gasteiger partial charge < -0.3 is 24.7 Å². The average Bonchev–Trinajstić information content (AvgIpc) is 3.87. The van der Waals surface area contributed by atoms with Crippen LogP contribution in [0.15, 0.2) is 43.0 Å². The lowest BCUT2D eigenvalue weighted by molar-refractivity contribution is 0.102. The zero-order valence-electron chi connectivity index (χ0n) is 22.8. The summed E-state index contributed by atoms with van der Waals surface area (Å²) in [6.07, 6.45) is 7.42. The van der Waals surface area contributed by atoms with E-state index < -0.39 is 11.7 Å². The second-order valence-electron chi connectivity index (χ2n) is 11.3. The Balaban J connectivity index is 1.21. The smallest absolute Gasteiger partial charge is 0.318 e. The number of urea groups is 1. The number of nitrogens with zero attached hydrogens (tertiary/aromatic N) is 7. The largest absolute Gasteiger partial charge is 0.335 e. The lowest BCUT2D eigenvalue weighted by Gasteiger charge is -2.21. The average molecular weight is 556 g/mol. The van der Waals surface area contributed by atoms with E-state index in [2.05, 4.69) is 30.8 Å². The van der Waals surface area contributed by atoms with Crippen molar-refractivity contribution >= 4 is 17.8 Å². The molecule has 7 rings (SSSR count). The van der Waals surface area contributed by atoms with Gasteiger partial charge in [0.05, 0.1) is 35.5 Å². The summed E-state index contributed by atoms with van der Waals surface area (Å²) in [6, 6.07) is 8.23. The molecule has 0 spiro atoms. The summed E-state index contributed by atoms with van der Waals surface area (Å²) < 4.78 is 19.3. The van der Waals surface area contributed by atoms with E-state index in [0.717, 1.165) is 37.1 Å². The van der Waals surface area contributed by atoms with E-state index in [4.69, 9.17) is 0 Å². The van der Waals surface area contributed by atoms with E-state index in [1.807, 2.05) is 23.0 Å². The highest BCUT2D eigenvalue weighted by Crippen LogP contribution is 2.42. The molecule has 1 aliphatic heterocycles. The number of amides is 3. The van der Waals surface area contributed by atoms with E-state index in [1.54, 1.807) is 41.8 Å². The number of carbonyl (C=O) groups is 2. The van der Waals surface area contributed by atoms with Crippen molar-refractivity contribution in [2.45, 2.75) is 70.6 Å². The van der Waals surface area contributed by atoms with Crippen LogP contribution in [0.4, 0.5) is 15.0 Å². The number of fused-ring (bicyclic) bond motifs is 3. The first-order valence-corrected chi connectivity index (χ1v) is 14.0. The quantitative estimate of drug-likeness (QED) is 0.360. The predicted molar refractivity (Wildman–Crippen MR) is 148 cm³/mol. The van der Waals surface area contributed by atoms with E-state index >= 15 is 4.39 Å². The Labute approximate surface area is 235 Å². The topological polar surface area (TPSA) is 123 Å². The van der Waals surface area contributed by atoms with Crippen LogP contribution in [0, 0.1) is 5.82 Å². The van der Waals surface area contributed by atoms with Crippen molar-refractivity contribution in [3.63, 3.8) is 0 Å². The highest BCUT2D eigenvalue weighted by molar-refractivity contribution is 6.04. The van der Waals surface area contributed by atoms with Crippen LogP contribution in [-0.2, 0) is 13.1 Å². The van der Waals surface area contributed by atoms with Gasteiger partial charge in [-0.05, 0) is 69.4 Å². The van der Waals surface area contributed by atoms with E-state index in [1.165, 1.54) is 6.07 Å². The number of imidazole rings is 1. The minimum atomic E-state index is -0.675. The first-order chi connectivity index (χ1) is 19.9. The zero-order valence-corrected chi connectivity index (χ0v) is 22.8. The molecular weight excluding hydrogens is 525 g/mol. The lowest BCUT2D eigenvalue weighted by Crippen LogP contribution is -2.40. The maximum absolute atomic E-state index is 15.5. The van der Waals surface area contributed by atoms with Gasteiger partial charge in [-0.2, -0.15) is 0 Å². The summed E-state index contributed by atoms with van der Waals surface area (Å²) in [5.41, 5.74) is 3.53. The van der Waals surface area contributed by atoms with Gasteiger partial charge >= 0.3 is 6.03 Å². The second kappa shape index (κ2) is 9.79. The monoisotopic (exact) mass is 555 g/mol. The molecule has 0 saturated heterocycles. The molecule has 12 heteroatoms. The number of carbonyl (C=O) groups excluding carboxylic acids is 2. The third-order valence-electron chi connectivity index (χ3n) is 7.78. The van der Waals surface area contributed by atoms with Gasteiger partial charge in [0.1, 0.15) is 23.7 Å². The van der Waals surface area contributed by atoms with Crippen LogP contribution in [0.25, 0.3) is 17.2 Å². The number of hydrogen-bond donors (Lipinski definition) is 2. The SMILES string of the molecule is CC(C)n1cnnc1-c1cccc(NC(=O)c2cc3c(cc2F)CN(C(=O)NC2CC2)Cc2c(C4CC4)ncn2-3)n1. The van der Waals surface area contributed by atoms with Gasteiger partial charge in [-0.1, -0.05) is 6.07 Å². The number of benzene rings is 1. The Kier molecular flexibility index (Phi) is 6.06. The van der Waals surface area contributed by atoms with Crippen LogP contribution >= 0.6 is 0 Å². The molecular formula is C29H30FN9O2. The molecule has 4 heterocycles. The van der Waals surface area contributed by atoms with Crippen molar-refractivity contribution < 1.29 is 14.0 Å². The van der Waals surface area contributed by atoms with Crippen LogP contribution in [0.5, 0.6) is 0 Å². The van der Waals surface area contributed by atoms with Gasteiger partial charge in [-0.3, -0.25) is 4.79 Å². The van der Waals surface area contributed by atoms with E-state index in [0.29, 0.717) is 35.2 Å².